The number of carbonyl (C=O) groups is 1. The maximum Gasteiger partial charge on any atom is 0.257 e. The van der Waals surface area contributed by atoms with Gasteiger partial charge in [0.2, 0.25) is 0 Å². The molecule has 0 atom stereocenters. The summed E-state index contributed by atoms with van der Waals surface area (Å²) < 4.78 is 18.3. The lowest BCUT2D eigenvalue weighted by Crippen LogP contribution is -2.48. The number of rotatable bonds is 4. The summed E-state index contributed by atoms with van der Waals surface area (Å²) in [5.74, 6) is 0.219. The second-order valence-corrected chi connectivity index (χ2v) is 6.22. The highest BCUT2D eigenvalue weighted by Crippen LogP contribution is 2.20. The van der Waals surface area contributed by atoms with E-state index in [2.05, 4.69) is 4.90 Å². The van der Waals surface area contributed by atoms with Crippen molar-refractivity contribution in [1.29, 1.82) is 0 Å². The number of nitrogens with zero attached hydrogens (tertiary/aromatic N) is 2. The van der Waals surface area contributed by atoms with Crippen LogP contribution in [0.2, 0.25) is 5.02 Å². The van der Waals surface area contributed by atoms with Crippen LogP contribution in [0.15, 0.2) is 34.9 Å². The molecule has 2 N–H and O–H groups in total. The second kappa shape index (κ2) is 10.1. The van der Waals surface area contributed by atoms with Crippen LogP contribution >= 0.6 is 36.4 Å². The van der Waals surface area contributed by atoms with Crippen LogP contribution in [-0.2, 0) is 13.1 Å². The summed E-state index contributed by atoms with van der Waals surface area (Å²) in [6, 6.07) is 6.13. The predicted molar refractivity (Wildman–Crippen MR) is 104 cm³/mol. The zero-order valence-corrected chi connectivity index (χ0v) is 16.4. The van der Waals surface area contributed by atoms with Crippen molar-refractivity contribution in [3.05, 3.63) is 58.3 Å². The maximum absolute atomic E-state index is 13.1. The van der Waals surface area contributed by atoms with E-state index in [1.807, 2.05) is 0 Å². The number of benzene rings is 1. The molecule has 0 spiro atoms. The van der Waals surface area contributed by atoms with Crippen LogP contribution in [-0.4, -0.2) is 41.9 Å². The minimum absolute atomic E-state index is 0. The van der Waals surface area contributed by atoms with Crippen LogP contribution in [0.25, 0.3) is 0 Å². The molecule has 9 heteroatoms. The third-order valence-corrected chi connectivity index (χ3v) is 4.52. The highest BCUT2D eigenvalue weighted by Gasteiger charge is 2.23. The minimum Gasteiger partial charge on any atom is -0.467 e. The molecular formula is C17H21Cl3FN3O2. The SMILES string of the molecule is Cl.Cl.NCc1cc(C(=O)N2CCN(Cc3ccc(F)cc3Cl)CC2)co1. The lowest BCUT2D eigenvalue weighted by atomic mass is 10.2. The Labute approximate surface area is 169 Å². The number of halogens is 4. The van der Waals surface area contributed by atoms with Gasteiger partial charge < -0.3 is 15.1 Å². The fourth-order valence-electron chi connectivity index (χ4n) is 2.78. The molecule has 1 aliphatic heterocycles. The van der Waals surface area contributed by atoms with Gasteiger partial charge in [0.05, 0.1) is 12.1 Å². The molecule has 1 aliphatic rings. The third-order valence-electron chi connectivity index (χ3n) is 4.17. The second-order valence-electron chi connectivity index (χ2n) is 5.81. The summed E-state index contributed by atoms with van der Waals surface area (Å²) in [5.41, 5.74) is 6.92. The van der Waals surface area contributed by atoms with Crippen molar-refractivity contribution in [2.75, 3.05) is 26.2 Å². The van der Waals surface area contributed by atoms with E-state index in [0.717, 1.165) is 18.7 Å². The molecule has 3 rings (SSSR count). The molecular weight excluding hydrogens is 404 g/mol. The summed E-state index contributed by atoms with van der Waals surface area (Å²) in [7, 11) is 0. The summed E-state index contributed by atoms with van der Waals surface area (Å²) in [6.45, 7) is 3.65. The summed E-state index contributed by atoms with van der Waals surface area (Å²) in [6.07, 6.45) is 1.45. The van der Waals surface area contributed by atoms with Crippen LogP contribution in [0.5, 0.6) is 0 Å². The number of carbonyl (C=O) groups excluding carboxylic acids is 1. The highest BCUT2D eigenvalue weighted by atomic mass is 35.5. The van der Waals surface area contributed by atoms with Crippen LogP contribution in [0.3, 0.4) is 0 Å². The minimum atomic E-state index is -0.337. The monoisotopic (exact) mass is 423 g/mol. The van der Waals surface area contributed by atoms with E-state index in [1.54, 1.807) is 17.0 Å². The van der Waals surface area contributed by atoms with E-state index >= 15 is 0 Å². The van der Waals surface area contributed by atoms with Crippen molar-refractivity contribution >= 4 is 42.3 Å². The molecule has 1 saturated heterocycles. The molecule has 0 radical (unpaired) electrons. The Morgan fingerprint density at radius 2 is 1.88 bits per heavy atom. The van der Waals surface area contributed by atoms with Crippen molar-refractivity contribution in [3.63, 3.8) is 0 Å². The molecule has 0 unspecified atom stereocenters. The number of furan rings is 1. The fraction of sp³-hybridized carbons (Fsp3) is 0.353. The number of hydrogen-bond donors (Lipinski definition) is 1. The van der Waals surface area contributed by atoms with E-state index in [1.165, 1.54) is 18.4 Å². The molecule has 1 aromatic carbocycles. The molecule has 144 valence electrons. The van der Waals surface area contributed by atoms with Crippen molar-refractivity contribution in [1.82, 2.24) is 9.80 Å². The van der Waals surface area contributed by atoms with Crippen LogP contribution < -0.4 is 5.73 Å². The zero-order valence-electron chi connectivity index (χ0n) is 14.0. The predicted octanol–water partition coefficient (Wildman–Crippen LogP) is 3.33. The molecule has 1 fully saturated rings. The largest absolute Gasteiger partial charge is 0.467 e. The van der Waals surface area contributed by atoms with Gasteiger partial charge in [-0.25, -0.2) is 4.39 Å². The Morgan fingerprint density at radius 1 is 1.19 bits per heavy atom. The average Bonchev–Trinajstić information content (AvgIpc) is 3.06. The first-order valence-electron chi connectivity index (χ1n) is 7.80. The van der Waals surface area contributed by atoms with E-state index in [9.17, 15) is 9.18 Å². The lowest BCUT2D eigenvalue weighted by Gasteiger charge is -2.34. The maximum atomic E-state index is 13.1. The van der Waals surface area contributed by atoms with E-state index < -0.39 is 0 Å². The lowest BCUT2D eigenvalue weighted by molar-refractivity contribution is 0.0627. The first-order valence-corrected chi connectivity index (χ1v) is 8.17. The van der Waals surface area contributed by atoms with Gasteiger partial charge >= 0.3 is 0 Å². The van der Waals surface area contributed by atoms with Crippen LogP contribution in [0, 0.1) is 5.82 Å². The quantitative estimate of drug-likeness (QED) is 0.818. The van der Waals surface area contributed by atoms with Crippen LogP contribution in [0.4, 0.5) is 4.39 Å². The summed E-state index contributed by atoms with van der Waals surface area (Å²) >= 11 is 6.07. The van der Waals surface area contributed by atoms with Crippen molar-refractivity contribution in [2.24, 2.45) is 5.73 Å². The first kappa shape index (κ1) is 22.7. The Hall–Kier alpha value is -1.31. The fourth-order valence-corrected chi connectivity index (χ4v) is 3.01. The van der Waals surface area contributed by atoms with Gasteiger partial charge in [-0.15, -0.1) is 24.8 Å². The highest BCUT2D eigenvalue weighted by molar-refractivity contribution is 6.31. The van der Waals surface area contributed by atoms with Crippen molar-refractivity contribution < 1.29 is 13.6 Å². The van der Waals surface area contributed by atoms with Gasteiger partial charge in [0.15, 0.2) is 0 Å². The zero-order chi connectivity index (χ0) is 17.1. The first-order chi connectivity index (χ1) is 11.6. The number of nitrogens with two attached hydrogens (primary N) is 1. The Bertz CT molecular complexity index is 734. The molecule has 1 amide bonds. The summed E-state index contributed by atoms with van der Waals surface area (Å²) in [5, 5.41) is 0.432. The Kier molecular flexibility index (Phi) is 8.86. The molecule has 5 nitrogen and oxygen atoms in total. The van der Waals surface area contributed by atoms with Gasteiger partial charge in [0.1, 0.15) is 17.8 Å². The van der Waals surface area contributed by atoms with E-state index in [-0.39, 0.29) is 43.1 Å². The van der Waals surface area contributed by atoms with Gasteiger partial charge in [-0.2, -0.15) is 0 Å². The Morgan fingerprint density at radius 3 is 2.46 bits per heavy atom. The number of hydrogen-bond acceptors (Lipinski definition) is 4. The van der Waals surface area contributed by atoms with Gasteiger partial charge in [-0.1, -0.05) is 17.7 Å². The number of amides is 1. The van der Waals surface area contributed by atoms with Crippen molar-refractivity contribution in [2.45, 2.75) is 13.1 Å². The number of piperazine rings is 1. The van der Waals surface area contributed by atoms with Gasteiger partial charge in [-0.3, -0.25) is 9.69 Å². The molecule has 2 aromatic rings. The van der Waals surface area contributed by atoms with E-state index in [0.29, 0.717) is 36.0 Å². The smallest absolute Gasteiger partial charge is 0.257 e. The standard InChI is InChI=1S/C17H19ClFN3O2.2ClH/c18-16-8-14(19)2-1-12(16)10-21-3-5-22(6-4-21)17(23)13-7-15(9-20)24-11-13;;/h1-2,7-8,11H,3-6,9-10,20H2;2*1H. The average molecular weight is 425 g/mol. The molecule has 2 heterocycles. The third kappa shape index (κ3) is 5.34. The summed E-state index contributed by atoms with van der Waals surface area (Å²) in [4.78, 5) is 16.4. The van der Waals surface area contributed by atoms with Gasteiger partial charge in [0.25, 0.3) is 5.91 Å². The molecule has 0 saturated carbocycles. The van der Waals surface area contributed by atoms with Crippen LogP contribution in [0.1, 0.15) is 21.7 Å². The van der Waals surface area contributed by atoms with E-state index in [4.69, 9.17) is 21.8 Å². The molecule has 1 aromatic heterocycles. The Balaban J connectivity index is 0.00000169. The molecule has 0 bridgehead atoms. The van der Waals surface area contributed by atoms with Gasteiger partial charge in [0, 0.05) is 37.7 Å². The normalized spacial score (nSPS) is 14.5. The van der Waals surface area contributed by atoms with Gasteiger partial charge in [-0.05, 0) is 23.8 Å². The molecule has 26 heavy (non-hydrogen) atoms. The van der Waals surface area contributed by atoms with Crippen molar-refractivity contribution in [3.8, 4) is 0 Å². The molecule has 0 aliphatic carbocycles. The topological polar surface area (TPSA) is 62.7 Å².